The summed E-state index contributed by atoms with van der Waals surface area (Å²) >= 11 is 0. The summed E-state index contributed by atoms with van der Waals surface area (Å²) in [4.78, 5) is 10.7. The Kier molecular flexibility index (Phi) is 2.04. The second kappa shape index (κ2) is 3.24. The molecule has 0 atom stereocenters. The van der Waals surface area contributed by atoms with Crippen molar-refractivity contribution >= 4 is 16.7 Å². The zero-order valence-corrected chi connectivity index (χ0v) is 7.57. The summed E-state index contributed by atoms with van der Waals surface area (Å²) in [6.07, 6.45) is 0. The Morgan fingerprint density at radius 3 is 2.60 bits per heavy atom. The van der Waals surface area contributed by atoms with Gasteiger partial charge in [0.15, 0.2) is 0 Å². The second-order valence-corrected chi connectivity index (χ2v) is 3.17. The fourth-order valence-corrected chi connectivity index (χ4v) is 1.43. The Bertz CT molecular complexity index is 549. The van der Waals surface area contributed by atoms with Crippen molar-refractivity contribution in [1.82, 2.24) is 0 Å². The monoisotopic (exact) mass is 206 g/mol. The largest absolute Gasteiger partial charge is 0.508 e. The van der Waals surface area contributed by atoms with E-state index in [0.717, 1.165) is 6.07 Å². The molecule has 2 aromatic rings. The van der Waals surface area contributed by atoms with Crippen molar-refractivity contribution in [2.45, 2.75) is 0 Å². The number of carbonyl (C=O) groups is 1. The van der Waals surface area contributed by atoms with Crippen molar-refractivity contribution in [1.29, 1.82) is 0 Å². The summed E-state index contributed by atoms with van der Waals surface area (Å²) < 4.78 is 13.4. The van der Waals surface area contributed by atoms with Gasteiger partial charge in [0.25, 0.3) is 0 Å². The standard InChI is InChI=1S/C11H7FO3/c12-10-5-7(11(14)15)3-6-4-8(13)1-2-9(6)10/h1-5,13H,(H,14,15). The summed E-state index contributed by atoms with van der Waals surface area (Å²) in [6.45, 7) is 0. The number of benzene rings is 2. The van der Waals surface area contributed by atoms with Gasteiger partial charge in [-0.1, -0.05) is 0 Å². The highest BCUT2D eigenvalue weighted by atomic mass is 19.1. The van der Waals surface area contributed by atoms with Gasteiger partial charge in [0.2, 0.25) is 0 Å². The lowest BCUT2D eigenvalue weighted by Gasteiger charge is -2.02. The molecule has 0 heterocycles. The molecule has 0 radical (unpaired) electrons. The van der Waals surface area contributed by atoms with Crippen LogP contribution in [0.3, 0.4) is 0 Å². The summed E-state index contributed by atoms with van der Waals surface area (Å²) in [7, 11) is 0. The Morgan fingerprint density at radius 2 is 1.93 bits per heavy atom. The molecule has 0 fully saturated rings. The lowest BCUT2D eigenvalue weighted by Crippen LogP contribution is -1.97. The van der Waals surface area contributed by atoms with E-state index in [1.54, 1.807) is 0 Å². The SMILES string of the molecule is O=C(O)c1cc(F)c2ccc(O)cc2c1. The maximum atomic E-state index is 13.4. The maximum Gasteiger partial charge on any atom is 0.335 e. The van der Waals surface area contributed by atoms with Gasteiger partial charge < -0.3 is 10.2 Å². The quantitative estimate of drug-likeness (QED) is 0.753. The lowest BCUT2D eigenvalue weighted by molar-refractivity contribution is 0.0696. The van der Waals surface area contributed by atoms with Crippen LogP contribution in [0.25, 0.3) is 10.8 Å². The molecule has 0 aliphatic carbocycles. The summed E-state index contributed by atoms with van der Waals surface area (Å²) in [6, 6.07) is 6.37. The topological polar surface area (TPSA) is 57.5 Å². The van der Waals surface area contributed by atoms with Crippen molar-refractivity contribution < 1.29 is 19.4 Å². The minimum absolute atomic E-state index is 0.0237. The molecule has 0 aliphatic heterocycles. The zero-order chi connectivity index (χ0) is 11.0. The highest BCUT2D eigenvalue weighted by molar-refractivity contribution is 5.95. The second-order valence-electron chi connectivity index (χ2n) is 3.17. The van der Waals surface area contributed by atoms with E-state index in [1.165, 1.54) is 24.3 Å². The Balaban J connectivity index is 2.79. The normalized spacial score (nSPS) is 10.5. The number of hydrogen-bond donors (Lipinski definition) is 2. The van der Waals surface area contributed by atoms with Crippen LogP contribution < -0.4 is 0 Å². The molecule has 0 saturated carbocycles. The summed E-state index contributed by atoms with van der Waals surface area (Å²) in [5.74, 6) is -1.83. The highest BCUT2D eigenvalue weighted by Crippen LogP contribution is 2.23. The van der Waals surface area contributed by atoms with E-state index in [0.29, 0.717) is 5.39 Å². The number of phenols is 1. The van der Waals surface area contributed by atoms with Crippen molar-refractivity contribution in [3.8, 4) is 5.75 Å². The molecule has 2 aromatic carbocycles. The maximum absolute atomic E-state index is 13.4. The molecule has 2 rings (SSSR count). The molecular weight excluding hydrogens is 199 g/mol. The molecule has 2 N–H and O–H groups in total. The van der Waals surface area contributed by atoms with Crippen molar-refractivity contribution in [2.24, 2.45) is 0 Å². The van der Waals surface area contributed by atoms with Crippen LogP contribution in [0.15, 0.2) is 30.3 Å². The molecule has 0 saturated heterocycles. The molecule has 0 bridgehead atoms. The number of carboxylic acids is 1. The van der Waals surface area contributed by atoms with Gasteiger partial charge in [-0.2, -0.15) is 0 Å². The molecule has 0 spiro atoms. The first-order valence-electron chi connectivity index (χ1n) is 4.23. The molecule has 76 valence electrons. The molecule has 0 aromatic heterocycles. The van der Waals surface area contributed by atoms with Crippen LogP contribution in [-0.4, -0.2) is 16.2 Å². The Morgan fingerprint density at radius 1 is 1.20 bits per heavy atom. The van der Waals surface area contributed by atoms with E-state index in [2.05, 4.69) is 0 Å². The van der Waals surface area contributed by atoms with Crippen molar-refractivity contribution in [2.75, 3.05) is 0 Å². The number of rotatable bonds is 1. The van der Waals surface area contributed by atoms with Gasteiger partial charge in [-0.15, -0.1) is 0 Å². The molecular formula is C11H7FO3. The molecule has 15 heavy (non-hydrogen) atoms. The van der Waals surface area contributed by atoms with Crippen LogP contribution in [0, 0.1) is 5.82 Å². The van der Waals surface area contributed by atoms with E-state index < -0.39 is 11.8 Å². The van der Waals surface area contributed by atoms with Crippen LogP contribution in [0.1, 0.15) is 10.4 Å². The average Bonchev–Trinajstić information content (AvgIpc) is 2.16. The minimum Gasteiger partial charge on any atom is -0.508 e. The minimum atomic E-state index is -1.20. The van der Waals surface area contributed by atoms with Gasteiger partial charge in [-0.3, -0.25) is 0 Å². The van der Waals surface area contributed by atoms with Crippen LogP contribution in [0.2, 0.25) is 0 Å². The molecule has 4 heteroatoms. The van der Waals surface area contributed by atoms with Crippen LogP contribution in [0.5, 0.6) is 5.75 Å². The third kappa shape index (κ3) is 1.61. The first-order chi connectivity index (χ1) is 7.08. The van der Waals surface area contributed by atoms with E-state index in [4.69, 9.17) is 5.11 Å². The van der Waals surface area contributed by atoms with E-state index in [-0.39, 0.29) is 16.7 Å². The molecule has 0 unspecified atom stereocenters. The lowest BCUT2D eigenvalue weighted by atomic mass is 10.1. The number of aromatic carboxylic acids is 1. The van der Waals surface area contributed by atoms with Crippen LogP contribution in [-0.2, 0) is 0 Å². The predicted molar refractivity (Wildman–Crippen MR) is 52.5 cm³/mol. The summed E-state index contributed by atoms with van der Waals surface area (Å²) in [5.41, 5.74) is -0.134. The predicted octanol–water partition coefficient (Wildman–Crippen LogP) is 2.38. The number of halogens is 1. The van der Waals surface area contributed by atoms with Crippen molar-refractivity contribution in [3.63, 3.8) is 0 Å². The third-order valence-corrected chi connectivity index (χ3v) is 2.13. The van der Waals surface area contributed by atoms with Gasteiger partial charge in [0.1, 0.15) is 11.6 Å². The van der Waals surface area contributed by atoms with Gasteiger partial charge >= 0.3 is 5.97 Å². The Hall–Kier alpha value is -2.10. The van der Waals surface area contributed by atoms with Gasteiger partial charge in [-0.25, -0.2) is 9.18 Å². The Labute approximate surface area is 84.4 Å². The van der Waals surface area contributed by atoms with E-state index >= 15 is 0 Å². The van der Waals surface area contributed by atoms with Crippen LogP contribution >= 0.6 is 0 Å². The third-order valence-electron chi connectivity index (χ3n) is 2.13. The molecule has 0 aliphatic rings. The first kappa shape index (κ1) is 9.45. The first-order valence-corrected chi connectivity index (χ1v) is 4.23. The number of phenolic OH excluding ortho intramolecular Hbond substituents is 1. The number of carboxylic acid groups (broad SMARTS) is 1. The highest BCUT2D eigenvalue weighted by Gasteiger charge is 2.08. The molecule has 0 amide bonds. The van der Waals surface area contributed by atoms with E-state index in [1.807, 2.05) is 0 Å². The van der Waals surface area contributed by atoms with Gasteiger partial charge in [0.05, 0.1) is 5.56 Å². The number of fused-ring (bicyclic) bond motifs is 1. The van der Waals surface area contributed by atoms with Crippen molar-refractivity contribution in [3.05, 3.63) is 41.7 Å². The fourth-order valence-electron chi connectivity index (χ4n) is 1.43. The van der Waals surface area contributed by atoms with Crippen LogP contribution in [0.4, 0.5) is 4.39 Å². The van der Waals surface area contributed by atoms with Gasteiger partial charge in [0, 0.05) is 5.39 Å². The molecule has 3 nitrogen and oxygen atoms in total. The summed E-state index contributed by atoms with van der Waals surface area (Å²) in [5, 5.41) is 18.5. The number of aromatic hydroxyl groups is 1. The van der Waals surface area contributed by atoms with Gasteiger partial charge in [-0.05, 0) is 35.7 Å². The smallest absolute Gasteiger partial charge is 0.335 e. The average molecular weight is 206 g/mol. The zero-order valence-electron chi connectivity index (χ0n) is 7.57. The fraction of sp³-hybridized carbons (Fsp3) is 0. The van der Waals surface area contributed by atoms with E-state index in [9.17, 15) is 14.3 Å². The number of hydrogen-bond acceptors (Lipinski definition) is 2.